The van der Waals surface area contributed by atoms with Gasteiger partial charge in [-0.05, 0) is 32.3 Å². The molecule has 8 nitrogen and oxygen atoms in total. The van der Waals surface area contributed by atoms with Crippen LogP contribution in [0, 0.1) is 28.6 Å². The zero-order valence-corrected chi connectivity index (χ0v) is 16.1. The average molecular weight is 394 g/mol. The number of rotatable bonds is 0. The van der Waals surface area contributed by atoms with E-state index in [1.165, 1.54) is 13.0 Å². The molecule has 0 aromatic carbocycles. The Morgan fingerprint density at radius 1 is 1.18 bits per heavy atom. The SMILES string of the molecule is CC1=CC(=O)[C@@H](O)[C@]2(C)[C@H]3[C@]4(O)OC[C@@]35[C@@H](C[C@@H]12)OC(=O)C[C@H]5[C@](C)(O)[C@H]4O. The van der Waals surface area contributed by atoms with Crippen LogP contribution in [0.4, 0.5) is 0 Å². The van der Waals surface area contributed by atoms with Gasteiger partial charge < -0.3 is 29.9 Å². The van der Waals surface area contributed by atoms with E-state index in [1.54, 1.807) is 13.8 Å². The van der Waals surface area contributed by atoms with Gasteiger partial charge in [-0.3, -0.25) is 9.59 Å². The Bertz CT molecular complexity index is 819. The Morgan fingerprint density at radius 2 is 1.86 bits per heavy atom. The molecule has 0 radical (unpaired) electrons. The fraction of sp³-hybridized carbons (Fsp3) is 0.800. The molecule has 4 fully saturated rings. The van der Waals surface area contributed by atoms with Gasteiger partial charge in [0.05, 0.1) is 18.6 Å². The summed E-state index contributed by atoms with van der Waals surface area (Å²) in [5.41, 5.74) is -3.20. The smallest absolute Gasteiger partial charge is 0.306 e. The molecule has 2 saturated heterocycles. The van der Waals surface area contributed by atoms with Crippen LogP contribution in [-0.4, -0.2) is 68.5 Å². The van der Waals surface area contributed by atoms with Crippen molar-refractivity contribution in [3.63, 3.8) is 0 Å². The Hall–Kier alpha value is -1.32. The Balaban J connectivity index is 1.80. The van der Waals surface area contributed by atoms with Crippen LogP contribution in [0.2, 0.25) is 0 Å². The third-order valence-corrected chi connectivity index (χ3v) is 8.65. The van der Waals surface area contributed by atoms with Crippen LogP contribution < -0.4 is 0 Å². The molecule has 0 amide bonds. The standard InChI is InChI=1S/C20H26O8/c1-8-4-10(21)14(23)17(2)9(8)5-12-19-7-27-20(26,15(17)19)16(24)18(3,25)11(19)6-13(22)28-12/h4,9,11-12,14-16,23-26H,5-7H2,1-3H3/t9-,11-,12+,14+,15+,16+,17+,18-,19+,20-/m0/s1. The highest BCUT2D eigenvalue weighted by Gasteiger charge is 2.84. The summed E-state index contributed by atoms with van der Waals surface area (Å²) in [4.78, 5) is 24.9. The quantitative estimate of drug-likeness (QED) is 0.396. The molecule has 2 heterocycles. The molecule has 2 bridgehead atoms. The second-order valence-corrected chi connectivity index (χ2v) is 9.80. The second kappa shape index (κ2) is 5.05. The number of hydrogen-bond donors (Lipinski definition) is 4. The first kappa shape index (κ1) is 18.7. The second-order valence-electron chi connectivity index (χ2n) is 9.80. The molecule has 10 atom stereocenters. The lowest BCUT2D eigenvalue weighted by Crippen LogP contribution is -2.79. The maximum absolute atomic E-state index is 12.5. The molecule has 0 unspecified atom stereocenters. The molecule has 5 aliphatic rings. The van der Waals surface area contributed by atoms with E-state index in [1.807, 2.05) is 0 Å². The summed E-state index contributed by atoms with van der Waals surface area (Å²) in [5, 5.41) is 44.6. The molecular weight excluding hydrogens is 368 g/mol. The summed E-state index contributed by atoms with van der Waals surface area (Å²) in [5.74, 6) is -5.08. The number of aliphatic hydroxyl groups is 4. The molecular formula is C20H26O8. The molecule has 4 N–H and O–H groups in total. The minimum atomic E-state index is -2.17. The number of esters is 1. The first-order valence-electron chi connectivity index (χ1n) is 9.78. The molecule has 28 heavy (non-hydrogen) atoms. The van der Waals surface area contributed by atoms with E-state index in [4.69, 9.17) is 9.47 Å². The number of hydrogen-bond acceptors (Lipinski definition) is 8. The topological polar surface area (TPSA) is 134 Å². The van der Waals surface area contributed by atoms with Gasteiger partial charge in [-0.25, -0.2) is 0 Å². The van der Waals surface area contributed by atoms with E-state index in [2.05, 4.69) is 0 Å². The van der Waals surface area contributed by atoms with Crippen molar-refractivity contribution in [2.24, 2.45) is 28.6 Å². The predicted octanol–water partition coefficient (Wildman–Crippen LogP) is -0.719. The van der Waals surface area contributed by atoms with Crippen LogP contribution in [0.15, 0.2) is 11.6 Å². The molecule has 0 aromatic rings. The summed E-state index contributed by atoms with van der Waals surface area (Å²) in [7, 11) is 0. The summed E-state index contributed by atoms with van der Waals surface area (Å²) >= 11 is 0. The van der Waals surface area contributed by atoms with E-state index in [-0.39, 0.29) is 18.9 Å². The summed E-state index contributed by atoms with van der Waals surface area (Å²) < 4.78 is 11.5. The maximum Gasteiger partial charge on any atom is 0.306 e. The van der Waals surface area contributed by atoms with Gasteiger partial charge in [-0.15, -0.1) is 0 Å². The maximum atomic E-state index is 12.5. The average Bonchev–Trinajstić information content (AvgIpc) is 2.91. The van der Waals surface area contributed by atoms with Crippen molar-refractivity contribution in [3.8, 4) is 0 Å². The van der Waals surface area contributed by atoms with Crippen molar-refractivity contribution in [2.45, 2.75) is 63.3 Å². The van der Waals surface area contributed by atoms with Crippen molar-refractivity contribution in [3.05, 3.63) is 11.6 Å². The third-order valence-electron chi connectivity index (χ3n) is 8.65. The lowest BCUT2D eigenvalue weighted by atomic mass is 9.37. The molecule has 3 aliphatic carbocycles. The highest BCUT2D eigenvalue weighted by Crippen LogP contribution is 2.74. The van der Waals surface area contributed by atoms with Gasteiger partial charge in [-0.1, -0.05) is 12.5 Å². The summed E-state index contributed by atoms with van der Waals surface area (Å²) in [6.45, 7) is 4.89. The van der Waals surface area contributed by atoms with Crippen LogP contribution in [0.5, 0.6) is 0 Å². The first-order valence-corrected chi connectivity index (χ1v) is 9.78. The highest BCUT2D eigenvalue weighted by molar-refractivity contribution is 5.96. The minimum Gasteiger partial charge on any atom is -0.462 e. The van der Waals surface area contributed by atoms with E-state index in [0.29, 0.717) is 6.42 Å². The summed E-state index contributed by atoms with van der Waals surface area (Å²) in [6.07, 6.45) is -2.13. The van der Waals surface area contributed by atoms with Crippen LogP contribution in [0.25, 0.3) is 0 Å². The van der Waals surface area contributed by atoms with Crippen molar-refractivity contribution in [1.82, 2.24) is 0 Å². The largest absolute Gasteiger partial charge is 0.462 e. The molecule has 2 aliphatic heterocycles. The number of carbonyl (C=O) groups excluding carboxylic acids is 2. The van der Waals surface area contributed by atoms with Crippen LogP contribution in [0.1, 0.15) is 33.6 Å². The van der Waals surface area contributed by atoms with Crippen molar-refractivity contribution in [1.29, 1.82) is 0 Å². The Kier molecular flexibility index (Phi) is 3.37. The summed E-state index contributed by atoms with van der Waals surface area (Å²) in [6, 6.07) is 0. The lowest BCUT2D eigenvalue weighted by Gasteiger charge is -2.68. The third kappa shape index (κ3) is 1.72. The lowest BCUT2D eigenvalue weighted by molar-refractivity contribution is -0.360. The fourth-order valence-electron chi connectivity index (χ4n) is 7.56. The molecule has 0 aromatic heterocycles. The van der Waals surface area contributed by atoms with Gasteiger partial charge in [0.25, 0.3) is 0 Å². The monoisotopic (exact) mass is 394 g/mol. The van der Waals surface area contributed by atoms with Crippen LogP contribution >= 0.6 is 0 Å². The first-order chi connectivity index (χ1) is 12.9. The molecule has 2 saturated carbocycles. The Morgan fingerprint density at radius 3 is 2.54 bits per heavy atom. The number of carbonyl (C=O) groups is 2. The Labute approximate surface area is 162 Å². The number of allylic oxidation sites excluding steroid dienone is 1. The zero-order valence-electron chi connectivity index (χ0n) is 16.1. The van der Waals surface area contributed by atoms with E-state index >= 15 is 0 Å². The normalized spacial score (nSPS) is 59.9. The molecule has 8 heteroatoms. The zero-order chi connectivity index (χ0) is 20.4. The minimum absolute atomic E-state index is 0.0318. The van der Waals surface area contributed by atoms with Gasteiger partial charge in [0.1, 0.15) is 18.3 Å². The van der Waals surface area contributed by atoms with Crippen molar-refractivity contribution >= 4 is 11.8 Å². The van der Waals surface area contributed by atoms with Gasteiger partial charge in [0.2, 0.25) is 0 Å². The van der Waals surface area contributed by atoms with Crippen molar-refractivity contribution < 1.29 is 39.5 Å². The number of fused-ring (bicyclic) bond motifs is 1. The van der Waals surface area contributed by atoms with Gasteiger partial charge >= 0.3 is 5.97 Å². The van der Waals surface area contributed by atoms with E-state index in [0.717, 1.165) is 5.57 Å². The highest BCUT2D eigenvalue weighted by atomic mass is 16.7. The number of ether oxygens (including phenoxy) is 2. The van der Waals surface area contributed by atoms with Gasteiger partial charge in [0.15, 0.2) is 11.6 Å². The number of aliphatic hydroxyl groups excluding tert-OH is 2. The molecule has 154 valence electrons. The van der Waals surface area contributed by atoms with Crippen LogP contribution in [-0.2, 0) is 19.1 Å². The molecule has 1 spiro atoms. The molecule has 5 rings (SSSR count). The van der Waals surface area contributed by atoms with E-state index < -0.39 is 64.1 Å². The van der Waals surface area contributed by atoms with Crippen molar-refractivity contribution in [2.75, 3.05) is 6.61 Å². The van der Waals surface area contributed by atoms with E-state index in [9.17, 15) is 30.0 Å². The number of ketones is 1. The fourth-order valence-corrected chi connectivity index (χ4v) is 7.56. The predicted molar refractivity (Wildman–Crippen MR) is 92.4 cm³/mol. The van der Waals surface area contributed by atoms with Crippen LogP contribution in [0.3, 0.4) is 0 Å². The van der Waals surface area contributed by atoms with Gasteiger partial charge in [-0.2, -0.15) is 0 Å². The van der Waals surface area contributed by atoms with Gasteiger partial charge in [0, 0.05) is 22.7 Å².